The number of carbonyl (C=O) groups is 1. The topological polar surface area (TPSA) is 69.6 Å². The minimum atomic E-state index is -3.66. The van der Waals surface area contributed by atoms with Crippen LogP contribution in [0.15, 0.2) is 0 Å². The first-order valence-electron chi connectivity index (χ1n) is 4.43. The summed E-state index contributed by atoms with van der Waals surface area (Å²) in [6, 6.07) is 0. The predicted octanol–water partition coefficient (Wildman–Crippen LogP) is 0.562. The standard InChI is InChI=1S/C7H16N2O3P2/c1-8-7(13)5-3-4-6(10)9(2)14(7,11)12/h8H,3-5,13H2,1-2H3,(H,11,12). The number of nitrogens with zero attached hydrogens (tertiary/aromatic N) is 1. The zero-order valence-electron chi connectivity index (χ0n) is 8.36. The second-order valence-electron chi connectivity index (χ2n) is 3.49. The van der Waals surface area contributed by atoms with Crippen LogP contribution in [-0.2, 0) is 9.36 Å². The van der Waals surface area contributed by atoms with Crippen LogP contribution in [0.4, 0.5) is 0 Å². The first kappa shape index (κ1) is 12.1. The van der Waals surface area contributed by atoms with Gasteiger partial charge in [0.25, 0.3) is 0 Å². The van der Waals surface area contributed by atoms with Crippen molar-refractivity contribution in [3.05, 3.63) is 0 Å². The molecule has 7 heteroatoms. The fourth-order valence-electron chi connectivity index (χ4n) is 1.51. The van der Waals surface area contributed by atoms with E-state index in [1.54, 1.807) is 7.05 Å². The zero-order valence-corrected chi connectivity index (χ0v) is 10.4. The molecule has 0 aliphatic carbocycles. The van der Waals surface area contributed by atoms with Gasteiger partial charge < -0.3 is 10.2 Å². The van der Waals surface area contributed by atoms with E-state index in [4.69, 9.17) is 0 Å². The van der Waals surface area contributed by atoms with Gasteiger partial charge in [0.2, 0.25) is 5.91 Å². The number of amides is 1. The molecule has 1 saturated heterocycles. The van der Waals surface area contributed by atoms with Crippen molar-refractivity contribution in [2.75, 3.05) is 14.1 Å². The Kier molecular flexibility index (Phi) is 3.37. The van der Waals surface area contributed by atoms with Crippen LogP contribution in [0.25, 0.3) is 0 Å². The highest BCUT2D eigenvalue weighted by Crippen LogP contribution is 2.62. The maximum atomic E-state index is 12.1. The number of hydrogen-bond donors (Lipinski definition) is 2. The molecule has 1 aliphatic rings. The lowest BCUT2D eigenvalue weighted by atomic mass is 10.2. The molecule has 1 aliphatic heterocycles. The molecule has 82 valence electrons. The molecule has 0 aromatic carbocycles. The molecule has 5 nitrogen and oxygen atoms in total. The smallest absolute Gasteiger partial charge is 0.319 e. The first-order chi connectivity index (χ1) is 6.35. The first-order valence-corrected chi connectivity index (χ1v) is 6.62. The predicted molar refractivity (Wildman–Crippen MR) is 57.9 cm³/mol. The summed E-state index contributed by atoms with van der Waals surface area (Å²) in [5, 5.41) is 1.85. The summed E-state index contributed by atoms with van der Waals surface area (Å²) in [5.41, 5.74) is 0. The normalized spacial score (nSPS) is 39.7. The lowest BCUT2D eigenvalue weighted by Gasteiger charge is -2.35. The van der Waals surface area contributed by atoms with Crippen molar-refractivity contribution in [2.24, 2.45) is 0 Å². The third-order valence-electron chi connectivity index (χ3n) is 2.67. The molecule has 3 atom stereocenters. The molecular weight excluding hydrogens is 222 g/mol. The Morgan fingerprint density at radius 2 is 2.29 bits per heavy atom. The molecular formula is C7H16N2O3P2. The zero-order chi connectivity index (χ0) is 11.0. The monoisotopic (exact) mass is 238 g/mol. The lowest BCUT2D eigenvalue weighted by molar-refractivity contribution is -0.125. The maximum absolute atomic E-state index is 12.1. The second kappa shape index (κ2) is 3.90. The summed E-state index contributed by atoms with van der Waals surface area (Å²) < 4.78 is 13.0. The van der Waals surface area contributed by atoms with Gasteiger partial charge in [-0.2, -0.15) is 0 Å². The van der Waals surface area contributed by atoms with Crippen molar-refractivity contribution < 1.29 is 14.3 Å². The van der Waals surface area contributed by atoms with E-state index < -0.39 is 12.5 Å². The van der Waals surface area contributed by atoms with Crippen LogP contribution in [0.2, 0.25) is 0 Å². The van der Waals surface area contributed by atoms with Crippen molar-refractivity contribution in [3.63, 3.8) is 0 Å². The maximum Gasteiger partial charge on any atom is 0.319 e. The third kappa shape index (κ3) is 1.74. The van der Waals surface area contributed by atoms with Crippen molar-refractivity contribution in [2.45, 2.75) is 24.3 Å². The highest BCUT2D eigenvalue weighted by Gasteiger charge is 2.48. The van der Waals surface area contributed by atoms with Gasteiger partial charge in [0.15, 0.2) is 0 Å². The van der Waals surface area contributed by atoms with Crippen molar-refractivity contribution >= 4 is 22.7 Å². The molecule has 1 fully saturated rings. The molecule has 2 N–H and O–H groups in total. The van der Waals surface area contributed by atoms with Gasteiger partial charge in [-0.05, 0) is 19.9 Å². The van der Waals surface area contributed by atoms with Gasteiger partial charge in [0, 0.05) is 13.5 Å². The second-order valence-corrected chi connectivity index (χ2v) is 7.45. The van der Waals surface area contributed by atoms with Gasteiger partial charge in [0.05, 0.1) is 0 Å². The molecule has 1 amide bonds. The molecule has 3 unspecified atom stereocenters. The van der Waals surface area contributed by atoms with Crippen LogP contribution in [-0.4, -0.2) is 34.6 Å². The Balaban J connectivity index is 3.12. The van der Waals surface area contributed by atoms with E-state index in [2.05, 4.69) is 14.6 Å². The Hall–Kier alpha value is 0.0500. The summed E-state index contributed by atoms with van der Waals surface area (Å²) >= 11 is 0. The summed E-state index contributed by atoms with van der Waals surface area (Å²) in [5.74, 6) is -0.268. The van der Waals surface area contributed by atoms with Crippen molar-refractivity contribution in [1.82, 2.24) is 9.99 Å². The van der Waals surface area contributed by atoms with Crippen LogP contribution >= 0.6 is 16.8 Å². The van der Waals surface area contributed by atoms with Gasteiger partial charge in [-0.1, -0.05) is 0 Å². The molecule has 14 heavy (non-hydrogen) atoms. The van der Waals surface area contributed by atoms with E-state index in [0.29, 0.717) is 19.3 Å². The molecule has 0 spiro atoms. The van der Waals surface area contributed by atoms with E-state index in [9.17, 15) is 14.3 Å². The molecule has 1 heterocycles. The quantitative estimate of drug-likeness (QED) is 0.655. The number of carbonyl (C=O) groups excluding carboxylic acids is 1. The molecule has 0 aromatic heterocycles. The van der Waals surface area contributed by atoms with Crippen molar-refractivity contribution in [3.8, 4) is 0 Å². The van der Waals surface area contributed by atoms with Crippen LogP contribution in [0.3, 0.4) is 0 Å². The van der Waals surface area contributed by atoms with E-state index in [0.717, 1.165) is 4.67 Å². The van der Waals surface area contributed by atoms with Gasteiger partial charge >= 0.3 is 7.52 Å². The lowest BCUT2D eigenvalue weighted by Crippen LogP contribution is -2.40. The molecule has 0 aromatic rings. The van der Waals surface area contributed by atoms with E-state index >= 15 is 0 Å². The minimum absolute atomic E-state index is 0.268. The number of rotatable bonds is 1. The van der Waals surface area contributed by atoms with Gasteiger partial charge in [-0.25, -0.2) is 0 Å². The summed E-state index contributed by atoms with van der Waals surface area (Å²) in [6.45, 7) is 0. The van der Waals surface area contributed by atoms with E-state index in [1.807, 2.05) is 0 Å². The average Bonchev–Trinajstić information content (AvgIpc) is 2.20. The molecule has 0 saturated carbocycles. The highest BCUT2D eigenvalue weighted by atomic mass is 31.2. The van der Waals surface area contributed by atoms with E-state index in [1.165, 1.54) is 7.05 Å². The van der Waals surface area contributed by atoms with E-state index in [-0.39, 0.29) is 5.91 Å². The molecule has 0 radical (unpaired) electrons. The SMILES string of the molecule is CNC1(P)CCCC(=O)N(C)P1(=O)O. The van der Waals surface area contributed by atoms with Gasteiger partial charge in [-0.3, -0.25) is 14.0 Å². The molecule has 1 rings (SSSR count). The highest BCUT2D eigenvalue weighted by molar-refractivity contribution is 7.65. The van der Waals surface area contributed by atoms with Crippen LogP contribution < -0.4 is 5.32 Å². The minimum Gasteiger partial charge on any atom is -0.328 e. The van der Waals surface area contributed by atoms with Crippen LogP contribution in [0, 0.1) is 0 Å². The number of nitrogens with one attached hydrogen (secondary N) is 1. The molecule has 0 bridgehead atoms. The summed E-state index contributed by atoms with van der Waals surface area (Å²) in [4.78, 5) is 21.3. The average molecular weight is 238 g/mol. The Morgan fingerprint density at radius 3 is 2.79 bits per heavy atom. The Bertz CT molecular complexity index is 297. The van der Waals surface area contributed by atoms with Crippen LogP contribution in [0.5, 0.6) is 0 Å². The van der Waals surface area contributed by atoms with Gasteiger partial charge in [-0.15, -0.1) is 9.24 Å². The largest absolute Gasteiger partial charge is 0.328 e. The summed E-state index contributed by atoms with van der Waals surface area (Å²) in [7, 11) is 1.71. The summed E-state index contributed by atoms with van der Waals surface area (Å²) in [6.07, 6.45) is 1.45. The number of hydrogen-bond acceptors (Lipinski definition) is 3. The fraction of sp³-hybridized carbons (Fsp3) is 0.857. The van der Waals surface area contributed by atoms with Gasteiger partial charge in [0.1, 0.15) is 5.02 Å². The van der Waals surface area contributed by atoms with Crippen molar-refractivity contribution in [1.29, 1.82) is 0 Å². The fourth-order valence-corrected chi connectivity index (χ4v) is 3.91. The Labute approximate surface area is 86.0 Å². The Morgan fingerprint density at radius 1 is 1.71 bits per heavy atom. The third-order valence-corrected chi connectivity index (χ3v) is 6.78. The van der Waals surface area contributed by atoms with Crippen LogP contribution in [0.1, 0.15) is 19.3 Å².